The molecule has 0 N–H and O–H groups in total. The molecular weight excluding hydrogens is 294 g/mol. The Bertz CT molecular complexity index is 454. The zero-order chi connectivity index (χ0) is 17.5. The van der Waals surface area contributed by atoms with Crippen LogP contribution in [0.2, 0.25) is 0 Å². The van der Waals surface area contributed by atoms with Crippen molar-refractivity contribution in [2.75, 3.05) is 39.3 Å². The SMILES string of the molecule is CC(C)(C)C1=CCC(N2CCN(C3CN(C(C)(C)C)C3)CC2)CC1. The molecule has 0 saturated carbocycles. The highest BCUT2D eigenvalue weighted by atomic mass is 15.4. The zero-order valence-electron chi connectivity index (χ0n) is 16.9. The van der Waals surface area contributed by atoms with Gasteiger partial charge in [0.25, 0.3) is 0 Å². The number of allylic oxidation sites excluding steroid dienone is 1. The van der Waals surface area contributed by atoms with Crippen LogP contribution in [0, 0.1) is 5.41 Å². The van der Waals surface area contributed by atoms with Gasteiger partial charge in [0.05, 0.1) is 0 Å². The van der Waals surface area contributed by atoms with E-state index in [2.05, 4.69) is 62.3 Å². The molecule has 0 radical (unpaired) electrons. The van der Waals surface area contributed by atoms with Gasteiger partial charge in [-0.3, -0.25) is 14.7 Å². The first kappa shape index (κ1) is 18.4. The summed E-state index contributed by atoms with van der Waals surface area (Å²) in [6.07, 6.45) is 6.49. The van der Waals surface area contributed by atoms with Crippen LogP contribution in [0.15, 0.2) is 11.6 Å². The van der Waals surface area contributed by atoms with Crippen molar-refractivity contribution < 1.29 is 0 Å². The van der Waals surface area contributed by atoms with Gasteiger partial charge in [-0.25, -0.2) is 0 Å². The number of hydrogen-bond acceptors (Lipinski definition) is 3. The molecule has 1 unspecified atom stereocenters. The molecule has 3 rings (SSSR count). The maximum Gasteiger partial charge on any atom is 0.0351 e. The van der Waals surface area contributed by atoms with E-state index in [0.717, 1.165) is 12.1 Å². The van der Waals surface area contributed by atoms with Gasteiger partial charge in [0.15, 0.2) is 0 Å². The third kappa shape index (κ3) is 4.05. The van der Waals surface area contributed by atoms with E-state index in [1.165, 1.54) is 58.5 Å². The summed E-state index contributed by atoms with van der Waals surface area (Å²) in [5.41, 5.74) is 2.39. The van der Waals surface area contributed by atoms with Crippen molar-refractivity contribution in [2.24, 2.45) is 5.41 Å². The van der Waals surface area contributed by atoms with Crippen LogP contribution < -0.4 is 0 Å². The maximum absolute atomic E-state index is 2.77. The molecule has 0 spiro atoms. The average Bonchev–Trinajstić information content (AvgIpc) is 2.44. The second-order valence-electron chi connectivity index (χ2n) is 10.2. The van der Waals surface area contributed by atoms with Crippen LogP contribution >= 0.6 is 0 Å². The Hall–Kier alpha value is -0.380. The van der Waals surface area contributed by atoms with Crippen LogP contribution in [0.3, 0.4) is 0 Å². The second kappa shape index (κ2) is 6.74. The summed E-state index contributed by atoms with van der Waals surface area (Å²) in [4.78, 5) is 8.13. The van der Waals surface area contributed by atoms with E-state index in [9.17, 15) is 0 Å². The summed E-state index contributed by atoms with van der Waals surface area (Å²) >= 11 is 0. The number of piperazine rings is 1. The molecule has 1 atom stereocenters. The number of rotatable bonds is 2. The van der Waals surface area contributed by atoms with Crippen molar-refractivity contribution >= 4 is 0 Å². The molecule has 3 aliphatic rings. The first-order valence-electron chi connectivity index (χ1n) is 10.1. The minimum atomic E-state index is 0.345. The van der Waals surface area contributed by atoms with Gasteiger partial charge in [0.2, 0.25) is 0 Å². The molecule has 3 nitrogen and oxygen atoms in total. The summed E-state index contributed by atoms with van der Waals surface area (Å²) in [6, 6.07) is 1.61. The van der Waals surface area contributed by atoms with E-state index >= 15 is 0 Å². The molecule has 2 fully saturated rings. The summed E-state index contributed by atoms with van der Waals surface area (Å²) in [7, 11) is 0. The van der Waals surface area contributed by atoms with Gasteiger partial charge in [-0.05, 0) is 45.4 Å². The first-order chi connectivity index (χ1) is 11.1. The van der Waals surface area contributed by atoms with Crippen LogP contribution in [0.4, 0.5) is 0 Å². The fourth-order valence-electron chi connectivity index (χ4n) is 4.53. The molecule has 24 heavy (non-hydrogen) atoms. The van der Waals surface area contributed by atoms with Gasteiger partial charge >= 0.3 is 0 Å². The molecule has 3 heteroatoms. The fourth-order valence-corrected chi connectivity index (χ4v) is 4.53. The topological polar surface area (TPSA) is 9.72 Å². The lowest BCUT2D eigenvalue weighted by atomic mass is 9.79. The predicted octanol–water partition coefficient (Wildman–Crippen LogP) is 3.61. The summed E-state index contributed by atoms with van der Waals surface area (Å²) < 4.78 is 0. The van der Waals surface area contributed by atoms with Gasteiger partial charge < -0.3 is 0 Å². The van der Waals surface area contributed by atoms with Crippen molar-refractivity contribution in [3.63, 3.8) is 0 Å². The molecule has 0 aromatic rings. The van der Waals surface area contributed by atoms with Gasteiger partial charge in [-0.15, -0.1) is 0 Å². The molecule has 0 aromatic heterocycles. The van der Waals surface area contributed by atoms with E-state index in [1.807, 2.05) is 0 Å². The third-order valence-corrected chi connectivity index (χ3v) is 6.54. The lowest BCUT2D eigenvalue weighted by Crippen LogP contribution is -2.67. The Morgan fingerprint density at radius 3 is 1.79 bits per heavy atom. The van der Waals surface area contributed by atoms with Crippen LogP contribution in [0.5, 0.6) is 0 Å². The van der Waals surface area contributed by atoms with Gasteiger partial charge in [-0.1, -0.05) is 32.4 Å². The quantitative estimate of drug-likeness (QED) is 0.715. The normalized spacial score (nSPS) is 29.4. The van der Waals surface area contributed by atoms with Gasteiger partial charge in [0.1, 0.15) is 0 Å². The lowest BCUT2D eigenvalue weighted by Gasteiger charge is -2.53. The van der Waals surface area contributed by atoms with E-state index in [0.29, 0.717) is 11.0 Å². The summed E-state index contributed by atoms with van der Waals surface area (Å²) in [5, 5.41) is 0. The average molecular weight is 334 g/mol. The van der Waals surface area contributed by atoms with E-state index < -0.39 is 0 Å². The third-order valence-electron chi connectivity index (χ3n) is 6.54. The van der Waals surface area contributed by atoms with Crippen LogP contribution in [0.25, 0.3) is 0 Å². The first-order valence-corrected chi connectivity index (χ1v) is 10.1. The predicted molar refractivity (Wildman–Crippen MR) is 103 cm³/mol. The maximum atomic E-state index is 2.77. The fraction of sp³-hybridized carbons (Fsp3) is 0.905. The molecule has 0 amide bonds. The highest BCUT2D eigenvalue weighted by Crippen LogP contribution is 2.35. The molecule has 1 aliphatic carbocycles. The van der Waals surface area contributed by atoms with Gasteiger partial charge in [0, 0.05) is 56.9 Å². The molecule has 2 heterocycles. The molecule has 0 aromatic carbocycles. The number of nitrogens with zero attached hydrogens (tertiary/aromatic N) is 3. The van der Waals surface area contributed by atoms with Crippen molar-refractivity contribution in [2.45, 2.75) is 78.4 Å². The molecule has 138 valence electrons. The molecule has 0 bridgehead atoms. The summed E-state index contributed by atoms with van der Waals surface area (Å²) in [5.74, 6) is 0. The minimum Gasteiger partial charge on any atom is -0.298 e. The van der Waals surface area contributed by atoms with Crippen LogP contribution in [0.1, 0.15) is 60.8 Å². The smallest absolute Gasteiger partial charge is 0.0351 e. The largest absolute Gasteiger partial charge is 0.298 e. The molecular formula is C21H39N3. The second-order valence-corrected chi connectivity index (χ2v) is 10.2. The molecule has 2 aliphatic heterocycles. The van der Waals surface area contributed by atoms with E-state index in [4.69, 9.17) is 0 Å². The van der Waals surface area contributed by atoms with Crippen molar-refractivity contribution in [3.05, 3.63) is 11.6 Å². The van der Waals surface area contributed by atoms with E-state index in [-0.39, 0.29) is 0 Å². The standard InChI is InChI=1S/C21H39N3/c1-20(2,3)17-7-9-18(10-8-17)22-11-13-23(14-12-22)19-15-24(16-19)21(4,5)6/h7,18-19H,8-16H2,1-6H3. The Labute approximate surface area is 150 Å². The van der Waals surface area contributed by atoms with Crippen LogP contribution in [-0.2, 0) is 0 Å². The minimum absolute atomic E-state index is 0.345. The Kier molecular flexibility index (Phi) is 5.17. The van der Waals surface area contributed by atoms with Crippen molar-refractivity contribution in [3.8, 4) is 0 Å². The lowest BCUT2D eigenvalue weighted by molar-refractivity contribution is -0.0423. The highest BCUT2D eigenvalue weighted by molar-refractivity contribution is 5.15. The highest BCUT2D eigenvalue weighted by Gasteiger charge is 2.39. The van der Waals surface area contributed by atoms with Crippen molar-refractivity contribution in [1.82, 2.24) is 14.7 Å². The number of likely N-dealkylation sites (tertiary alicyclic amines) is 1. The van der Waals surface area contributed by atoms with E-state index in [1.54, 1.807) is 5.57 Å². The molecule has 2 saturated heterocycles. The monoisotopic (exact) mass is 333 g/mol. The Morgan fingerprint density at radius 2 is 1.38 bits per heavy atom. The number of hydrogen-bond donors (Lipinski definition) is 0. The van der Waals surface area contributed by atoms with Gasteiger partial charge in [-0.2, -0.15) is 0 Å². The van der Waals surface area contributed by atoms with Crippen molar-refractivity contribution in [1.29, 1.82) is 0 Å². The zero-order valence-corrected chi connectivity index (χ0v) is 16.9. The van der Waals surface area contributed by atoms with Crippen LogP contribution in [-0.4, -0.2) is 71.6 Å². The summed E-state index contributed by atoms with van der Waals surface area (Å²) in [6.45, 7) is 21.7. The Morgan fingerprint density at radius 1 is 0.833 bits per heavy atom. The Balaban J connectivity index is 1.43.